The van der Waals surface area contributed by atoms with Gasteiger partial charge >= 0.3 is 0 Å². The Labute approximate surface area is 164 Å². The second kappa shape index (κ2) is 7.97. The van der Waals surface area contributed by atoms with Gasteiger partial charge in [0.15, 0.2) is 0 Å². The Bertz CT molecular complexity index is 1080. The average molecular weight is 374 g/mol. The molecular weight excluding hydrogens is 352 g/mol. The molecule has 1 amide bonds. The van der Waals surface area contributed by atoms with Gasteiger partial charge in [0.2, 0.25) is 11.8 Å². The van der Waals surface area contributed by atoms with Gasteiger partial charge in [-0.15, -0.1) is 0 Å². The number of nitrogens with zero attached hydrogens (tertiary/aromatic N) is 3. The lowest BCUT2D eigenvalue weighted by molar-refractivity contribution is -0.120. The molecule has 6 heteroatoms. The number of aromatic nitrogens is 1. The van der Waals surface area contributed by atoms with Crippen LogP contribution in [0, 0.1) is 39.0 Å². The summed E-state index contributed by atoms with van der Waals surface area (Å²) in [7, 11) is 0. The van der Waals surface area contributed by atoms with E-state index in [-0.39, 0.29) is 12.3 Å². The molecule has 1 aromatic carbocycles. The van der Waals surface area contributed by atoms with Crippen molar-refractivity contribution in [2.45, 2.75) is 34.1 Å². The first-order chi connectivity index (χ1) is 13.4. The molecule has 0 fully saturated rings. The van der Waals surface area contributed by atoms with Crippen molar-refractivity contribution in [1.82, 2.24) is 9.99 Å². The van der Waals surface area contributed by atoms with E-state index in [2.05, 4.69) is 16.6 Å². The first-order valence-electron chi connectivity index (χ1n) is 8.97. The lowest BCUT2D eigenvalue weighted by Gasteiger charge is -2.06. The molecule has 0 unspecified atom stereocenters. The van der Waals surface area contributed by atoms with Crippen molar-refractivity contribution in [3.8, 4) is 12.0 Å². The third-order valence-electron chi connectivity index (χ3n) is 4.75. The van der Waals surface area contributed by atoms with Gasteiger partial charge in [0.05, 0.1) is 12.6 Å². The fourth-order valence-electron chi connectivity index (χ4n) is 3.12. The minimum Gasteiger partial charge on any atom is -0.443 e. The molecule has 142 valence electrons. The number of carbonyl (C=O) groups excluding carboxylic acids is 1. The van der Waals surface area contributed by atoms with Crippen LogP contribution >= 0.6 is 0 Å². The van der Waals surface area contributed by atoms with E-state index in [1.807, 2.05) is 68.7 Å². The maximum absolute atomic E-state index is 12.0. The van der Waals surface area contributed by atoms with Gasteiger partial charge in [-0.1, -0.05) is 30.3 Å². The van der Waals surface area contributed by atoms with Crippen molar-refractivity contribution >= 4 is 12.1 Å². The third kappa shape index (κ3) is 3.74. The standard InChI is InChI=1S/C22H22N4O2/c1-14-10-19(13-24-25-21(27)11-18-8-6-5-7-9-18)16(3)26(14)22-20(12-23)15(2)17(4)28-22/h5-10,13H,11H2,1-4H3,(H,25,27)/b24-13-. The summed E-state index contributed by atoms with van der Waals surface area (Å²) >= 11 is 0. The number of furan rings is 1. The number of carbonyl (C=O) groups is 1. The number of hydrazone groups is 1. The fourth-order valence-corrected chi connectivity index (χ4v) is 3.12. The maximum atomic E-state index is 12.0. The Kier molecular flexibility index (Phi) is 5.46. The highest BCUT2D eigenvalue weighted by Gasteiger charge is 2.20. The number of hydrogen-bond acceptors (Lipinski definition) is 4. The van der Waals surface area contributed by atoms with Gasteiger partial charge < -0.3 is 4.42 Å². The first-order valence-corrected chi connectivity index (χ1v) is 8.97. The molecule has 2 aromatic heterocycles. The number of benzene rings is 1. The highest BCUT2D eigenvalue weighted by molar-refractivity contribution is 5.84. The van der Waals surface area contributed by atoms with E-state index >= 15 is 0 Å². The summed E-state index contributed by atoms with van der Waals surface area (Å²) in [6, 6.07) is 13.7. The normalized spacial score (nSPS) is 11.0. The van der Waals surface area contributed by atoms with Crippen LogP contribution in [0.1, 0.15) is 39.4 Å². The zero-order chi connectivity index (χ0) is 20.3. The van der Waals surface area contributed by atoms with Crippen LogP contribution < -0.4 is 5.43 Å². The van der Waals surface area contributed by atoms with Gasteiger partial charge in [0.25, 0.3) is 0 Å². The van der Waals surface area contributed by atoms with E-state index in [9.17, 15) is 10.1 Å². The van der Waals surface area contributed by atoms with Crippen LogP contribution in [0.15, 0.2) is 45.9 Å². The summed E-state index contributed by atoms with van der Waals surface area (Å²) in [6.07, 6.45) is 1.88. The van der Waals surface area contributed by atoms with E-state index in [1.54, 1.807) is 6.21 Å². The highest BCUT2D eigenvalue weighted by atomic mass is 16.4. The smallest absolute Gasteiger partial charge is 0.244 e. The Morgan fingerprint density at radius 1 is 1.25 bits per heavy atom. The fraction of sp³-hybridized carbons (Fsp3) is 0.227. The van der Waals surface area contributed by atoms with Crippen LogP contribution in [0.2, 0.25) is 0 Å². The number of aryl methyl sites for hydroxylation is 2. The molecule has 0 aliphatic heterocycles. The lowest BCUT2D eigenvalue weighted by atomic mass is 10.1. The largest absolute Gasteiger partial charge is 0.443 e. The second-order valence-corrected chi connectivity index (χ2v) is 6.69. The third-order valence-corrected chi connectivity index (χ3v) is 4.75. The zero-order valence-corrected chi connectivity index (χ0v) is 16.4. The van der Waals surface area contributed by atoms with Crippen LogP contribution in [-0.4, -0.2) is 16.7 Å². The number of nitrogens with one attached hydrogen (secondary N) is 1. The minimum atomic E-state index is -0.180. The molecule has 0 aliphatic rings. The van der Waals surface area contributed by atoms with Gasteiger partial charge in [0.1, 0.15) is 17.4 Å². The predicted molar refractivity (Wildman–Crippen MR) is 108 cm³/mol. The first kappa shape index (κ1) is 19.2. The molecule has 0 bridgehead atoms. The van der Waals surface area contributed by atoms with Crippen molar-refractivity contribution in [2.24, 2.45) is 5.10 Å². The molecule has 0 saturated heterocycles. The van der Waals surface area contributed by atoms with Crippen LogP contribution in [-0.2, 0) is 11.2 Å². The molecular formula is C22H22N4O2. The molecule has 0 aliphatic carbocycles. The summed E-state index contributed by atoms with van der Waals surface area (Å²) in [5.74, 6) is 1.06. The number of nitriles is 1. The van der Waals surface area contributed by atoms with Crippen LogP contribution in [0.5, 0.6) is 0 Å². The van der Waals surface area contributed by atoms with Crippen molar-refractivity contribution in [3.05, 3.63) is 75.8 Å². The summed E-state index contributed by atoms with van der Waals surface area (Å²) < 4.78 is 7.73. The van der Waals surface area contributed by atoms with Crippen molar-refractivity contribution < 1.29 is 9.21 Å². The average Bonchev–Trinajstić information content (AvgIpc) is 3.10. The van der Waals surface area contributed by atoms with Crippen molar-refractivity contribution in [1.29, 1.82) is 5.26 Å². The van der Waals surface area contributed by atoms with Crippen LogP contribution in [0.25, 0.3) is 5.88 Å². The second-order valence-electron chi connectivity index (χ2n) is 6.69. The summed E-state index contributed by atoms with van der Waals surface area (Å²) in [4.78, 5) is 12.0. The van der Waals surface area contributed by atoms with E-state index in [0.717, 1.165) is 33.8 Å². The van der Waals surface area contributed by atoms with Gasteiger partial charge in [-0.05, 0) is 39.3 Å². The van der Waals surface area contributed by atoms with Gasteiger partial charge in [-0.3, -0.25) is 9.36 Å². The Balaban J connectivity index is 1.79. The molecule has 2 heterocycles. The number of rotatable bonds is 5. The molecule has 0 saturated carbocycles. The molecule has 6 nitrogen and oxygen atoms in total. The van der Waals surface area contributed by atoms with E-state index in [4.69, 9.17) is 4.42 Å². The zero-order valence-electron chi connectivity index (χ0n) is 16.4. The van der Waals surface area contributed by atoms with E-state index in [1.165, 1.54) is 0 Å². The molecule has 1 N–H and O–H groups in total. The molecule has 3 aromatic rings. The monoisotopic (exact) mass is 374 g/mol. The van der Waals surface area contributed by atoms with Gasteiger partial charge in [0, 0.05) is 22.5 Å². The summed E-state index contributed by atoms with van der Waals surface area (Å²) in [6.45, 7) is 7.58. The van der Waals surface area contributed by atoms with Crippen LogP contribution in [0.3, 0.4) is 0 Å². The molecule has 0 spiro atoms. The number of hydrogen-bond donors (Lipinski definition) is 1. The van der Waals surface area contributed by atoms with Gasteiger partial charge in [-0.25, -0.2) is 5.43 Å². The van der Waals surface area contributed by atoms with Gasteiger partial charge in [-0.2, -0.15) is 10.4 Å². The topological polar surface area (TPSA) is 83.3 Å². The maximum Gasteiger partial charge on any atom is 0.244 e. The SMILES string of the molecule is Cc1oc(-n2c(C)cc(/C=N\NC(=O)Cc3ccccc3)c2C)c(C#N)c1C. The van der Waals surface area contributed by atoms with E-state index < -0.39 is 0 Å². The predicted octanol–water partition coefficient (Wildman–Crippen LogP) is 3.87. The van der Waals surface area contributed by atoms with Crippen molar-refractivity contribution in [2.75, 3.05) is 0 Å². The summed E-state index contributed by atoms with van der Waals surface area (Å²) in [5, 5.41) is 13.6. The number of amides is 1. The molecule has 3 rings (SSSR count). The summed E-state index contributed by atoms with van der Waals surface area (Å²) in [5.41, 5.74) is 7.49. The Hall–Kier alpha value is -3.59. The highest BCUT2D eigenvalue weighted by Crippen LogP contribution is 2.28. The Morgan fingerprint density at radius 3 is 2.64 bits per heavy atom. The lowest BCUT2D eigenvalue weighted by Crippen LogP contribution is -2.19. The quantitative estimate of drug-likeness (QED) is 0.543. The molecule has 0 atom stereocenters. The molecule has 28 heavy (non-hydrogen) atoms. The van der Waals surface area contributed by atoms with Crippen LogP contribution in [0.4, 0.5) is 0 Å². The minimum absolute atomic E-state index is 0.180. The van der Waals surface area contributed by atoms with E-state index in [0.29, 0.717) is 11.4 Å². The molecule has 0 radical (unpaired) electrons. The Morgan fingerprint density at radius 2 is 1.96 bits per heavy atom. The van der Waals surface area contributed by atoms with Crippen molar-refractivity contribution in [3.63, 3.8) is 0 Å².